The van der Waals surface area contributed by atoms with Crippen molar-refractivity contribution in [3.8, 4) is 0 Å². The highest BCUT2D eigenvalue weighted by atomic mass is 16.5. The van der Waals surface area contributed by atoms with Crippen molar-refractivity contribution in [1.82, 2.24) is 10.6 Å². The summed E-state index contributed by atoms with van der Waals surface area (Å²) in [5.41, 5.74) is 1.57. The molecule has 132 valence electrons. The average Bonchev–Trinajstić information content (AvgIpc) is 3.09. The molecular formula is C18H26N2O4. The van der Waals surface area contributed by atoms with Gasteiger partial charge in [0.15, 0.2) is 0 Å². The summed E-state index contributed by atoms with van der Waals surface area (Å²) in [7, 11) is 0. The second-order valence-electron chi connectivity index (χ2n) is 5.97. The molecule has 0 spiro atoms. The number of benzene rings is 1. The van der Waals surface area contributed by atoms with Gasteiger partial charge >= 0.3 is 0 Å². The van der Waals surface area contributed by atoms with Crippen LogP contribution in [0.2, 0.25) is 0 Å². The van der Waals surface area contributed by atoms with Crippen molar-refractivity contribution in [2.45, 2.75) is 32.3 Å². The van der Waals surface area contributed by atoms with Crippen LogP contribution in [-0.2, 0) is 14.3 Å². The number of carbonyl (C=O) groups is 2. The Morgan fingerprint density at radius 1 is 1.33 bits per heavy atom. The van der Waals surface area contributed by atoms with Crippen molar-refractivity contribution in [3.05, 3.63) is 35.4 Å². The first-order chi connectivity index (χ1) is 11.6. The predicted octanol–water partition coefficient (Wildman–Crippen LogP) is 1.43. The lowest BCUT2D eigenvalue weighted by atomic mass is 10.1. The first kappa shape index (κ1) is 18.4. The van der Waals surface area contributed by atoms with E-state index < -0.39 is 0 Å². The minimum Gasteiger partial charge on any atom is -0.379 e. The van der Waals surface area contributed by atoms with E-state index in [0.717, 1.165) is 31.4 Å². The molecule has 2 N–H and O–H groups in total. The summed E-state index contributed by atoms with van der Waals surface area (Å²) in [6, 6.07) is 7.26. The quantitative estimate of drug-likeness (QED) is 0.670. The van der Waals surface area contributed by atoms with Crippen LogP contribution in [0.3, 0.4) is 0 Å². The van der Waals surface area contributed by atoms with Gasteiger partial charge in [-0.2, -0.15) is 0 Å². The van der Waals surface area contributed by atoms with E-state index in [9.17, 15) is 9.59 Å². The van der Waals surface area contributed by atoms with E-state index >= 15 is 0 Å². The van der Waals surface area contributed by atoms with Crippen LogP contribution in [0.4, 0.5) is 0 Å². The maximum atomic E-state index is 11.9. The molecule has 0 aliphatic carbocycles. The van der Waals surface area contributed by atoms with Gasteiger partial charge in [-0.25, -0.2) is 0 Å². The first-order valence-electron chi connectivity index (χ1n) is 8.46. The van der Waals surface area contributed by atoms with Gasteiger partial charge in [0.1, 0.15) is 0 Å². The van der Waals surface area contributed by atoms with Crippen LogP contribution in [0.25, 0.3) is 0 Å². The van der Waals surface area contributed by atoms with E-state index in [1.165, 1.54) is 0 Å². The summed E-state index contributed by atoms with van der Waals surface area (Å²) in [5.74, 6) is -0.441. The summed E-state index contributed by atoms with van der Waals surface area (Å²) in [5, 5.41) is 5.38. The SMILES string of the molecule is Cc1cccc(C(=O)NCC(=O)NCCCOCC2CCCO2)c1. The smallest absolute Gasteiger partial charge is 0.251 e. The zero-order valence-corrected chi connectivity index (χ0v) is 14.2. The van der Waals surface area contributed by atoms with E-state index in [2.05, 4.69) is 10.6 Å². The largest absolute Gasteiger partial charge is 0.379 e. The molecule has 2 amide bonds. The number of hydrogen-bond donors (Lipinski definition) is 2. The molecule has 1 aliphatic rings. The molecule has 1 aromatic rings. The van der Waals surface area contributed by atoms with E-state index in [-0.39, 0.29) is 24.5 Å². The number of nitrogens with one attached hydrogen (secondary N) is 2. The molecule has 24 heavy (non-hydrogen) atoms. The minimum absolute atomic E-state index is 0.0243. The fourth-order valence-corrected chi connectivity index (χ4v) is 2.50. The monoisotopic (exact) mass is 334 g/mol. The van der Waals surface area contributed by atoms with E-state index in [0.29, 0.717) is 25.3 Å². The number of amides is 2. The van der Waals surface area contributed by atoms with Crippen LogP contribution in [0.15, 0.2) is 24.3 Å². The minimum atomic E-state index is -0.242. The zero-order valence-electron chi connectivity index (χ0n) is 14.2. The normalized spacial score (nSPS) is 16.8. The number of rotatable bonds is 9. The molecule has 1 aromatic carbocycles. The Hall–Kier alpha value is -1.92. The molecule has 1 heterocycles. The van der Waals surface area contributed by atoms with Crippen LogP contribution >= 0.6 is 0 Å². The third kappa shape index (κ3) is 6.68. The van der Waals surface area contributed by atoms with Crippen molar-refractivity contribution in [1.29, 1.82) is 0 Å². The lowest BCUT2D eigenvalue weighted by Gasteiger charge is -2.10. The lowest BCUT2D eigenvalue weighted by Crippen LogP contribution is -2.37. The fourth-order valence-electron chi connectivity index (χ4n) is 2.50. The van der Waals surface area contributed by atoms with Crippen molar-refractivity contribution in [3.63, 3.8) is 0 Å². The van der Waals surface area contributed by atoms with Crippen LogP contribution in [0.5, 0.6) is 0 Å². The second kappa shape index (κ2) is 10.1. The standard InChI is InChI=1S/C18H26N2O4/c1-14-5-2-6-15(11-14)18(22)20-12-17(21)19-8-4-9-23-13-16-7-3-10-24-16/h2,5-6,11,16H,3-4,7-10,12-13H2,1H3,(H,19,21)(H,20,22). The molecule has 1 saturated heterocycles. The van der Waals surface area contributed by atoms with Gasteiger partial charge in [0.2, 0.25) is 5.91 Å². The van der Waals surface area contributed by atoms with E-state index in [1.807, 2.05) is 19.1 Å². The summed E-state index contributed by atoms with van der Waals surface area (Å²) >= 11 is 0. The van der Waals surface area contributed by atoms with Crippen molar-refractivity contribution in [2.75, 3.05) is 32.9 Å². The van der Waals surface area contributed by atoms with Crippen molar-refractivity contribution < 1.29 is 19.1 Å². The molecule has 6 nitrogen and oxygen atoms in total. The Morgan fingerprint density at radius 3 is 2.96 bits per heavy atom. The second-order valence-corrected chi connectivity index (χ2v) is 5.97. The van der Waals surface area contributed by atoms with Crippen molar-refractivity contribution >= 4 is 11.8 Å². The molecule has 1 unspecified atom stereocenters. The lowest BCUT2D eigenvalue weighted by molar-refractivity contribution is -0.120. The molecule has 2 rings (SSSR count). The highest BCUT2D eigenvalue weighted by Crippen LogP contribution is 2.11. The topological polar surface area (TPSA) is 76.7 Å². The highest BCUT2D eigenvalue weighted by Gasteiger charge is 2.15. The van der Waals surface area contributed by atoms with Crippen LogP contribution in [0, 0.1) is 6.92 Å². The maximum Gasteiger partial charge on any atom is 0.251 e. The van der Waals surface area contributed by atoms with Gasteiger partial charge in [0.05, 0.1) is 19.3 Å². The summed E-state index contributed by atoms with van der Waals surface area (Å²) in [6.07, 6.45) is 3.15. The number of ether oxygens (including phenoxy) is 2. The van der Waals surface area contributed by atoms with Gasteiger partial charge in [-0.3, -0.25) is 9.59 Å². The van der Waals surface area contributed by atoms with E-state index in [1.54, 1.807) is 12.1 Å². The number of hydrogen-bond acceptors (Lipinski definition) is 4. The first-order valence-corrected chi connectivity index (χ1v) is 8.46. The third-order valence-electron chi connectivity index (χ3n) is 3.81. The van der Waals surface area contributed by atoms with Gasteiger partial charge in [-0.15, -0.1) is 0 Å². The van der Waals surface area contributed by atoms with Gasteiger partial charge in [0, 0.05) is 25.3 Å². The highest BCUT2D eigenvalue weighted by molar-refractivity contribution is 5.96. The molecule has 1 atom stereocenters. The Labute approximate surface area is 142 Å². The predicted molar refractivity (Wildman–Crippen MR) is 90.9 cm³/mol. The van der Waals surface area contributed by atoms with Crippen LogP contribution in [-0.4, -0.2) is 50.8 Å². The van der Waals surface area contributed by atoms with Gasteiger partial charge in [-0.05, 0) is 38.3 Å². The Kier molecular flexibility index (Phi) is 7.71. The van der Waals surface area contributed by atoms with Gasteiger partial charge in [-0.1, -0.05) is 17.7 Å². The summed E-state index contributed by atoms with van der Waals surface area (Å²) < 4.78 is 11.0. The summed E-state index contributed by atoms with van der Waals surface area (Å²) in [4.78, 5) is 23.6. The van der Waals surface area contributed by atoms with Crippen molar-refractivity contribution in [2.24, 2.45) is 0 Å². The molecule has 6 heteroatoms. The molecule has 0 saturated carbocycles. The molecular weight excluding hydrogens is 308 g/mol. The number of carbonyl (C=O) groups excluding carboxylic acids is 2. The summed E-state index contributed by atoms with van der Waals surface area (Å²) in [6.45, 7) is 4.48. The fraction of sp³-hybridized carbons (Fsp3) is 0.556. The third-order valence-corrected chi connectivity index (χ3v) is 3.81. The van der Waals surface area contributed by atoms with Crippen LogP contribution < -0.4 is 10.6 Å². The Bertz CT molecular complexity index is 542. The van der Waals surface area contributed by atoms with Crippen LogP contribution in [0.1, 0.15) is 35.2 Å². The zero-order chi connectivity index (χ0) is 17.2. The molecule has 0 bridgehead atoms. The molecule has 0 radical (unpaired) electrons. The molecule has 0 aromatic heterocycles. The van der Waals surface area contributed by atoms with E-state index in [4.69, 9.17) is 9.47 Å². The van der Waals surface area contributed by atoms with Gasteiger partial charge in [0.25, 0.3) is 5.91 Å². The molecule has 1 fully saturated rings. The van der Waals surface area contributed by atoms with Gasteiger partial charge < -0.3 is 20.1 Å². The maximum absolute atomic E-state index is 11.9. The Morgan fingerprint density at radius 2 is 2.21 bits per heavy atom. The number of aryl methyl sites for hydroxylation is 1. The Balaban J connectivity index is 1.51. The average molecular weight is 334 g/mol. The molecule has 1 aliphatic heterocycles.